The molecule has 1 N–H and O–H groups in total. The summed E-state index contributed by atoms with van der Waals surface area (Å²) in [5.74, 6) is 0. The number of hydrogen-bond acceptors (Lipinski definition) is 1. The number of aliphatic hydroxyl groups excluding tert-OH is 1. The molecule has 1 heteroatoms. The lowest BCUT2D eigenvalue weighted by molar-refractivity contribution is 0.220. The van der Waals surface area contributed by atoms with Gasteiger partial charge in [0, 0.05) is 0 Å². The Morgan fingerprint density at radius 1 is 0.773 bits per heavy atom. The first kappa shape index (κ1) is 13.3. The quantitative estimate of drug-likeness (QED) is 0.569. The summed E-state index contributed by atoms with van der Waals surface area (Å²) in [4.78, 5) is 0. The normalized spacial score (nSPS) is 13.5. The SMILES string of the molecule is Cc1ccc([C@H](O)c2ccc3c(c2)Cc2ccccc2-3)cc1. The number of rotatable bonds is 2. The van der Waals surface area contributed by atoms with Crippen LogP contribution in [0.4, 0.5) is 0 Å². The van der Waals surface area contributed by atoms with Crippen molar-refractivity contribution in [2.24, 2.45) is 0 Å². The van der Waals surface area contributed by atoms with Crippen LogP contribution in [0.5, 0.6) is 0 Å². The monoisotopic (exact) mass is 286 g/mol. The van der Waals surface area contributed by atoms with Crippen molar-refractivity contribution in [3.05, 3.63) is 94.5 Å². The Morgan fingerprint density at radius 3 is 2.27 bits per heavy atom. The summed E-state index contributed by atoms with van der Waals surface area (Å²) < 4.78 is 0. The highest BCUT2D eigenvalue weighted by molar-refractivity contribution is 5.77. The highest BCUT2D eigenvalue weighted by atomic mass is 16.3. The van der Waals surface area contributed by atoms with Gasteiger partial charge in [-0.1, -0.05) is 72.3 Å². The summed E-state index contributed by atoms with van der Waals surface area (Å²) in [7, 11) is 0. The zero-order valence-electron chi connectivity index (χ0n) is 12.6. The van der Waals surface area contributed by atoms with E-state index in [2.05, 4.69) is 43.3 Å². The number of fused-ring (bicyclic) bond motifs is 3. The van der Waals surface area contributed by atoms with E-state index in [4.69, 9.17) is 0 Å². The second-order valence-corrected chi connectivity index (χ2v) is 6.06. The van der Waals surface area contributed by atoms with E-state index in [9.17, 15) is 5.11 Å². The van der Waals surface area contributed by atoms with Crippen LogP contribution in [0.15, 0.2) is 66.7 Å². The van der Waals surface area contributed by atoms with Crippen molar-refractivity contribution in [3.63, 3.8) is 0 Å². The summed E-state index contributed by atoms with van der Waals surface area (Å²) >= 11 is 0. The van der Waals surface area contributed by atoms with E-state index in [0.29, 0.717) is 0 Å². The van der Waals surface area contributed by atoms with Crippen LogP contribution in [0.3, 0.4) is 0 Å². The molecular weight excluding hydrogens is 268 g/mol. The minimum atomic E-state index is -0.561. The fraction of sp³-hybridized carbons (Fsp3) is 0.143. The van der Waals surface area contributed by atoms with Crippen LogP contribution >= 0.6 is 0 Å². The van der Waals surface area contributed by atoms with Gasteiger partial charge >= 0.3 is 0 Å². The molecule has 0 spiro atoms. The Balaban J connectivity index is 1.71. The molecular formula is C21H18O. The molecule has 0 saturated carbocycles. The van der Waals surface area contributed by atoms with Gasteiger partial charge in [-0.3, -0.25) is 0 Å². The van der Waals surface area contributed by atoms with Gasteiger partial charge in [0.25, 0.3) is 0 Å². The second-order valence-electron chi connectivity index (χ2n) is 6.06. The van der Waals surface area contributed by atoms with Gasteiger partial charge in [-0.2, -0.15) is 0 Å². The highest BCUT2D eigenvalue weighted by Gasteiger charge is 2.19. The van der Waals surface area contributed by atoms with Crippen molar-refractivity contribution >= 4 is 0 Å². The minimum absolute atomic E-state index is 0.561. The van der Waals surface area contributed by atoms with E-state index < -0.39 is 6.10 Å². The Kier molecular flexibility index (Phi) is 3.09. The molecule has 0 aromatic heterocycles. The van der Waals surface area contributed by atoms with Crippen LogP contribution in [-0.4, -0.2) is 5.11 Å². The third kappa shape index (κ3) is 2.15. The van der Waals surface area contributed by atoms with Gasteiger partial charge in [0.2, 0.25) is 0 Å². The van der Waals surface area contributed by atoms with Crippen molar-refractivity contribution in [2.45, 2.75) is 19.4 Å². The van der Waals surface area contributed by atoms with Crippen LogP contribution in [0.2, 0.25) is 0 Å². The summed E-state index contributed by atoms with van der Waals surface area (Å²) in [6, 6.07) is 23.0. The molecule has 0 amide bonds. The first-order valence-corrected chi connectivity index (χ1v) is 7.68. The van der Waals surface area contributed by atoms with Gasteiger partial charge in [0.1, 0.15) is 6.10 Å². The molecule has 0 aliphatic heterocycles. The zero-order valence-corrected chi connectivity index (χ0v) is 12.6. The fourth-order valence-electron chi connectivity index (χ4n) is 3.28. The molecule has 3 aromatic rings. The molecule has 22 heavy (non-hydrogen) atoms. The minimum Gasteiger partial charge on any atom is -0.384 e. The van der Waals surface area contributed by atoms with Gasteiger partial charge in [-0.05, 0) is 46.7 Å². The van der Waals surface area contributed by atoms with Gasteiger partial charge in [-0.25, -0.2) is 0 Å². The van der Waals surface area contributed by atoms with Crippen LogP contribution in [0.1, 0.15) is 33.9 Å². The number of aliphatic hydroxyl groups is 1. The summed E-state index contributed by atoms with van der Waals surface area (Å²) in [6.45, 7) is 2.06. The van der Waals surface area contributed by atoms with E-state index in [1.165, 1.54) is 27.8 Å². The molecule has 1 nitrogen and oxygen atoms in total. The van der Waals surface area contributed by atoms with E-state index >= 15 is 0 Å². The summed E-state index contributed by atoms with van der Waals surface area (Å²) in [5, 5.41) is 10.6. The number of hydrogen-bond donors (Lipinski definition) is 1. The van der Waals surface area contributed by atoms with Crippen molar-refractivity contribution < 1.29 is 5.11 Å². The lowest BCUT2D eigenvalue weighted by Crippen LogP contribution is -2.00. The molecule has 0 fully saturated rings. The molecule has 4 rings (SSSR count). The van der Waals surface area contributed by atoms with Gasteiger partial charge in [-0.15, -0.1) is 0 Å². The summed E-state index contributed by atoms with van der Waals surface area (Å²) in [6.07, 6.45) is 0.398. The number of benzene rings is 3. The van der Waals surface area contributed by atoms with Gasteiger partial charge < -0.3 is 5.11 Å². The second kappa shape index (κ2) is 5.11. The lowest BCUT2D eigenvalue weighted by Gasteiger charge is -2.13. The van der Waals surface area contributed by atoms with Crippen LogP contribution in [-0.2, 0) is 6.42 Å². The molecule has 0 heterocycles. The van der Waals surface area contributed by atoms with E-state index in [1.807, 2.05) is 30.3 Å². The molecule has 1 atom stereocenters. The Labute approximate surface area is 130 Å². The zero-order chi connectivity index (χ0) is 15.1. The maximum Gasteiger partial charge on any atom is 0.104 e. The average molecular weight is 286 g/mol. The number of aryl methyl sites for hydroxylation is 1. The third-order valence-corrected chi connectivity index (χ3v) is 4.53. The maximum atomic E-state index is 10.6. The van der Waals surface area contributed by atoms with Crippen LogP contribution in [0.25, 0.3) is 11.1 Å². The van der Waals surface area contributed by atoms with E-state index in [0.717, 1.165) is 17.5 Å². The van der Waals surface area contributed by atoms with Crippen LogP contribution in [0, 0.1) is 6.92 Å². The maximum absolute atomic E-state index is 10.6. The topological polar surface area (TPSA) is 20.2 Å². The lowest BCUT2D eigenvalue weighted by atomic mass is 9.96. The van der Waals surface area contributed by atoms with Gasteiger partial charge in [0.05, 0.1) is 0 Å². The predicted octanol–water partition coefficient (Wildman–Crippen LogP) is 4.65. The smallest absolute Gasteiger partial charge is 0.104 e. The Hall–Kier alpha value is -2.38. The Morgan fingerprint density at radius 2 is 1.45 bits per heavy atom. The highest BCUT2D eigenvalue weighted by Crippen LogP contribution is 2.38. The molecule has 1 aliphatic carbocycles. The predicted molar refractivity (Wildman–Crippen MR) is 89.9 cm³/mol. The fourth-order valence-corrected chi connectivity index (χ4v) is 3.28. The molecule has 0 bridgehead atoms. The molecule has 0 unspecified atom stereocenters. The van der Waals surface area contributed by atoms with Crippen molar-refractivity contribution in [1.82, 2.24) is 0 Å². The average Bonchev–Trinajstić information content (AvgIpc) is 2.92. The largest absolute Gasteiger partial charge is 0.384 e. The van der Waals surface area contributed by atoms with E-state index in [-0.39, 0.29) is 0 Å². The van der Waals surface area contributed by atoms with Crippen molar-refractivity contribution in [3.8, 4) is 11.1 Å². The molecule has 108 valence electrons. The molecule has 0 radical (unpaired) electrons. The summed E-state index contributed by atoms with van der Waals surface area (Å²) in [5.41, 5.74) is 8.44. The first-order chi connectivity index (χ1) is 10.7. The molecule has 0 saturated heterocycles. The van der Waals surface area contributed by atoms with Crippen molar-refractivity contribution in [2.75, 3.05) is 0 Å². The molecule has 3 aromatic carbocycles. The Bertz CT molecular complexity index is 831. The standard InChI is InChI=1S/C21H18O/c1-14-6-8-15(9-7-14)21(22)17-10-11-20-18(13-17)12-16-4-2-3-5-19(16)20/h2-11,13,21-22H,12H2,1H3/t21-/m0/s1. The van der Waals surface area contributed by atoms with Gasteiger partial charge in [0.15, 0.2) is 0 Å². The first-order valence-electron chi connectivity index (χ1n) is 7.68. The molecule has 1 aliphatic rings. The third-order valence-electron chi connectivity index (χ3n) is 4.53. The van der Waals surface area contributed by atoms with E-state index in [1.54, 1.807) is 0 Å². The van der Waals surface area contributed by atoms with Crippen LogP contribution < -0.4 is 0 Å². The van der Waals surface area contributed by atoms with Crippen molar-refractivity contribution in [1.29, 1.82) is 0 Å².